The lowest BCUT2D eigenvalue weighted by molar-refractivity contribution is 0.197. The quantitative estimate of drug-likeness (QED) is 0.795. The Morgan fingerprint density at radius 2 is 2.25 bits per heavy atom. The Hall–Kier alpha value is -2.08. The lowest BCUT2D eigenvalue weighted by Crippen LogP contribution is -2.37. The minimum absolute atomic E-state index is 0.418. The first-order chi connectivity index (χ1) is 9.83. The van der Waals surface area contributed by atoms with Crippen molar-refractivity contribution in [2.45, 2.75) is 12.8 Å². The molecule has 6 heteroatoms. The number of amides is 1. The summed E-state index contributed by atoms with van der Waals surface area (Å²) >= 11 is 0. The van der Waals surface area contributed by atoms with Crippen LogP contribution in [-0.4, -0.2) is 35.7 Å². The molecule has 3 rings (SSSR count). The number of ether oxygens (including phenoxy) is 1. The van der Waals surface area contributed by atoms with E-state index in [4.69, 9.17) is 4.74 Å². The molecule has 0 radical (unpaired) electrons. The van der Waals surface area contributed by atoms with Crippen LogP contribution in [0.5, 0.6) is 5.75 Å². The monoisotopic (exact) mass is 274 g/mol. The summed E-state index contributed by atoms with van der Waals surface area (Å²) in [6.45, 7) is 2.71. The zero-order valence-electron chi connectivity index (χ0n) is 11.2. The number of fused-ring (bicyclic) bond motifs is 1. The van der Waals surface area contributed by atoms with E-state index in [9.17, 15) is 4.79 Å². The van der Waals surface area contributed by atoms with Crippen LogP contribution in [-0.2, 0) is 0 Å². The summed E-state index contributed by atoms with van der Waals surface area (Å²) < 4.78 is 5.33. The molecule has 0 spiro atoms. The number of para-hydroxylation sites is 1. The smallest absolute Gasteiger partial charge is 0.408 e. The van der Waals surface area contributed by atoms with E-state index in [1.54, 1.807) is 12.4 Å². The second-order valence-electron chi connectivity index (χ2n) is 5.02. The summed E-state index contributed by atoms with van der Waals surface area (Å²) in [7, 11) is 0. The molecular weight excluding hydrogens is 256 g/mol. The molecule has 1 saturated heterocycles. The summed E-state index contributed by atoms with van der Waals surface area (Å²) in [6.07, 6.45) is 3.36. The van der Waals surface area contributed by atoms with Gasteiger partial charge in [0.2, 0.25) is 0 Å². The maximum atomic E-state index is 11.8. The zero-order chi connectivity index (χ0) is 13.8. The highest BCUT2D eigenvalue weighted by atomic mass is 16.6. The standard InChI is InChI=1S/C14H18N4O2/c19-14(16-8-10-4-6-15-7-5-10)20-12-3-1-2-11-13(12)18-9-17-11/h1-3,9-10,15H,4-8H2,(H,16,19)(H,17,18). The van der Waals surface area contributed by atoms with Crippen LogP contribution in [0, 0.1) is 5.92 Å². The number of carbonyl (C=O) groups is 1. The normalized spacial score (nSPS) is 16.2. The van der Waals surface area contributed by atoms with Crippen LogP contribution in [0.2, 0.25) is 0 Å². The molecule has 1 amide bonds. The first-order valence-electron chi connectivity index (χ1n) is 6.91. The Kier molecular flexibility index (Phi) is 3.83. The van der Waals surface area contributed by atoms with Crippen molar-refractivity contribution in [1.29, 1.82) is 0 Å². The number of piperidine rings is 1. The molecule has 1 fully saturated rings. The molecule has 106 valence electrons. The molecule has 2 aromatic rings. The van der Waals surface area contributed by atoms with Crippen molar-refractivity contribution in [3.05, 3.63) is 24.5 Å². The molecule has 0 saturated carbocycles. The molecule has 0 aliphatic carbocycles. The van der Waals surface area contributed by atoms with Crippen molar-refractivity contribution in [3.63, 3.8) is 0 Å². The van der Waals surface area contributed by atoms with E-state index >= 15 is 0 Å². The van der Waals surface area contributed by atoms with E-state index in [1.165, 1.54) is 0 Å². The van der Waals surface area contributed by atoms with Crippen LogP contribution >= 0.6 is 0 Å². The van der Waals surface area contributed by atoms with Gasteiger partial charge in [-0.05, 0) is 44.0 Å². The fourth-order valence-electron chi connectivity index (χ4n) is 2.47. The molecular formula is C14H18N4O2. The van der Waals surface area contributed by atoms with Crippen molar-refractivity contribution in [2.24, 2.45) is 5.92 Å². The Balaban J connectivity index is 1.57. The Labute approximate surface area is 116 Å². The Bertz CT molecular complexity index is 590. The minimum atomic E-state index is -0.418. The Morgan fingerprint density at radius 1 is 1.40 bits per heavy atom. The third kappa shape index (κ3) is 2.91. The van der Waals surface area contributed by atoms with Gasteiger partial charge < -0.3 is 20.4 Å². The number of benzene rings is 1. The average molecular weight is 274 g/mol. The summed E-state index contributed by atoms with van der Waals surface area (Å²) in [5.74, 6) is 1.01. The SMILES string of the molecule is O=C(NCC1CCNCC1)Oc1cccc2[nH]cnc12. The van der Waals surface area contributed by atoms with Gasteiger partial charge in [-0.3, -0.25) is 0 Å². The molecule has 1 aliphatic heterocycles. The lowest BCUT2D eigenvalue weighted by Gasteiger charge is -2.22. The highest BCUT2D eigenvalue weighted by Gasteiger charge is 2.15. The van der Waals surface area contributed by atoms with Gasteiger partial charge in [0.25, 0.3) is 0 Å². The number of nitrogens with one attached hydrogen (secondary N) is 3. The van der Waals surface area contributed by atoms with Crippen molar-refractivity contribution >= 4 is 17.1 Å². The minimum Gasteiger partial charge on any atom is -0.408 e. The van der Waals surface area contributed by atoms with Gasteiger partial charge in [-0.1, -0.05) is 6.07 Å². The second kappa shape index (κ2) is 5.92. The Morgan fingerprint density at radius 3 is 3.10 bits per heavy atom. The average Bonchev–Trinajstić information content (AvgIpc) is 2.96. The molecule has 6 nitrogen and oxygen atoms in total. The van der Waals surface area contributed by atoms with Gasteiger partial charge in [0.15, 0.2) is 5.75 Å². The molecule has 1 aromatic carbocycles. The van der Waals surface area contributed by atoms with Gasteiger partial charge in [-0.15, -0.1) is 0 Å². The number of hydrogen-bond donors (Lipinski definition) is 3. The number of nitrogens with zero attached hydrogens (tertiary/aromatic N) is 1. The molecule has 2 heterocycles. The van der Waals surface area contributed by atoms with E-state index in [0.29, 0.717) is 23.7 Å². The summed E-state index contributed by atoms with van der Waals surface area (Å²) in [6, 6.07) is 5.46. The lowest BCUT2D eigenvalue weighted by atomic mass is 9.98. The van der Waals surface area contributed by atoms with Crippen LogP contribution in [0.3, 0.4) is 0 Å². The fourth-order valence-corrected chi connectivity index (χ4v) is 2.47. The number of H-pyrrole nitrogens is 1. The fraction of sp³-hybridized carbons (Fsp3) is 0.429. The molecule has 3 N–H and O–H groups in total. The maximum Gasteiger partial charge on any atom is 0.412 e. The molecule has 1 aromatic heterocycles. The van der Waals surface area contributed by atoms with Crippen molar-refractivity contribution < 1.29 is 9.53 Å². The molecule has 20 heavy (non-hydrogen) atoms. The van der Waals surface area contributed by atoms with Crippen molar-refractivity contribution in [1.82, 2.24) is 20.6 Å². The number of rotatable bonds is 3. The van der Waals surface area contributed by atoms with Gasteiger partial charge in [0, 0.05) is 6.54 Å². The van der Waals surface area contributed by atoms with Crippen LogP contribution in [0.4, 0.5) is 4.79 Å². The highest BCUT2D eigenvalue weighted by molar-refractivity contribution is 5.84. The van der Waals surface area contributed by atoms with Crippen LogP contribution in [0.15, 0.2) is 24.5 Å². The predicted molar refractivity (Wildman–Crippen MR) is 75.7 cm³/mol. The third-order valence-electron chi connectivity index (χ3n) is 3.61. The summed E-state index contributed by atoms with van der Waals surface area (Å²) in [4.78, 5) is 19.0. The predicted octanol–water partition coefficient (Wildman–Crippen LogP) is 1.65. The topological polar surface area (TPSA) is 79.0 Å². The number of hydrogen-bond acceptors (Lipinski definition) is 4. The number of imidazole rings is 1. The van der Waals surface area contributed by atoms with Crippen molar-refractivity contribution in [3.8, 4) is 5.75 Å². The van der Waals surface area contributed by atoms with Gasteiger partial charge in [0.05, 0.1) is 11.8 Å². The highest BCUT2D eigenvalue weighted by Crippen LogP contribution is 2.22. The van der Waals surface area contributed by atoms with E-state index in [1.807, 2.05) is 12.1 Å². The van der Waals surface area contributed by atoms with E-state index in [0.717, 1.165) is 31.4 Å². The molecule has 1 aliphatic rings. The third-order valence-corrected chi connectivity index (χ3v) is 3.61. The van der Waals surface area contributed by atoms with Crippen LogP contribution < -0.4 is 15.4 Å². The maximum absolute atomic E-state index is 11.8. The molecule has 0 unspecified atom stereocenters. The summed E-state index contributed by atoms with van der Waals surface area (Å²) in [5.41, 5.74) is 1.53. The van der Waals surface area contributed by atoms with E-state index in [2.05, 4.69) is 20.6 Å². The number of aromatic nitrogens is 2. The van der Waals surface area contributed by atoms with Crippen molar-refractivity contribution in [2.75, 3.05) is 19.6 Å². The van der Waals surface area contributed by atoms with Gasteiger partial charge >= 0.3 is 6.09 Å². The van der Waals surface area contributed by atoms with E-state index in [-0.39, 0.29) is 0 Å². The number of carbonyl (C=O) groups excluding carboxylic acids is 1. The van der Waals surface area contributed by atoms with Crippen LogP contribution in [0.1, 0.15) is 12.8 Å². The van der Waals surface area contributed by atoms with Crippen LogP contribution in [0.25, 0.3) is 11.0 Å². The largest absolute Gasteiger partial charge is 0.412 e. The van der Waals surface area contributed by atoms with E-state index < -0.39 is 6.09 Å². The first kappa shape index (κ1) is 12.9. The van der Waals surface area contributed by atoms with Gasteiger partial charge in [-0.2, -0.15) is 0 Å². The number of aromatic amines is 1. The molecule has 0 atom stereocenters. The second-order valence-corrected chi connectivity index (χ2v) is 5.02. The van der Waals surface area contributed by atoms with Gasteiger partial charge in [-0.25, -0.2) is 9.78 Å². The van der Waals surface area contributed by atoms with Gasteiger partial charge in [0.1, 0.15) is 5.52 Å². The zero-order valence-corrected chi connectivity index (χ0v) is 11.2. The summed E-state index contributed by atoms with van der Waals surface area (Å²) in [5, 5.41) is 6.13. The molecule has 0 bridgehead atoms. The first-order valence-corrected chi connectivity index (χ1v) is 6.91.